The Kier molecular flexibility index (Phi) is 5.49. The van der Waals surface area contributed by atoms with Crippen LogP contribution in [0.3, 0.4) is 0 Å². The van der Waals surface area contributed by atoms with Gasteiger partial charge < -0.3 is 10.2 Å². The molecule has 1 N–H and O–H groups in total. The molecule has 0 spiro atoms. The molecule has 0 heterocycles. The lowest BCUT2D eigenvalue weighted by atomic mass is 10.2. The van der Waals surface area contributed by atoms with Crippen LogP contribution in [0.15, 0.2) is 0 Å². The average Bonchev–Trinajstić information content (AvgIpc) is 2.92. The molecule has 0 unspecified atom stereocenters. The third kappa shape index (κ3) is 4.97. The normalized spacial score (nSPS) is 16.9. The Morgan fingerprint density at radius 2 is 2.07 bits per heavy atom. The maximum atomic E-state index is 3.39. The van der Waals surface area contributed by atoms with Crippen LogP contribution in [-0.4, -0.2) is 37.1 Å². The second-order valence-electron chi connectivity index (χ2n) is 4.83. The molecule has 0 aromatic carbocycles. The van der Waals surface area contributed by atoms with Gasteiger partial charge in [0.05, 0.1) is 0 Å². The molecule has 1 aliphatic rings. The maximum absolute atomic E-state index is 3.39. The summed E-state index contributed by atoms with van der Waals surface area (Å²) in [6.07, 6.45) is 4.18. The van der Waals surface area contributed by atoms with E-state index in [0.29, 0.717) is 0 Å². The molecule has 0 saturated heterocycles. The van der Waals surface area contributed by atoms with E-state index in [1.54, 1.807) is 0 Å². The predicted molar refractivity (Wildman–Crippen MR) is 62.6 cm³/mol. The van der Waals surface area contributed by atoms with Gasteiger partial charge in [-0.05, 0) is 44.8 Å². The molecule has 2 heteroatoms. The highest BCUT2D eigenvalue weighted by Gasteiger charge is 2.28. The van der Waals surface area contributed by atoms with Crippen LogP contribution in [-0.2, 0) is 0 Å². The van der Waals surface area contributed by atoms with Crippen LogP contribution in [0.1, 0.15) is 40.0 Å². The highest BCUT2D eigenvalue weighted by molar-refractivity contribution is 4.84. The third-order valence-corrected chi connectivity index (χ3v) is 2.71. The zero-order chi connectivity index (χ0) is 10.4. The van der Waals surface area contributed by atoms with Crippen molar-refractivity contribution in [1.82, 2.24) is 10.2 Å². The summed E-state index contributed by atoms with van der Waals surface area (Å²) < 4.78 is 0. The lowest BCUT2D eigenvalue weighted by Crippen LogP contribution is -2.32. The Balaban J connectivity index is 2.09. The fourth-order valence-corrected chi connectivity index (χ4v) is 1.92. The summed E-state index contributed by atoms with van der Waals surface area (Å²) >= 11 is 0. The Hall–Kier alpha value is -0.0800. The van der Waals surface area contributed by atoms with Crippen molar-refractivity contribution in [3.8, 4) is 0 Å². The Labute approximate surface area is 89.1 Å². The van der Waals surface area contributed by atoms with Gasteiger partial charge in [-0.25, -0.2) is 0 Å². The van der Waals surface area contributed by atoms with Gasteiger partial charge in [-0.1, -0.05) is 20.8 Å². The number of hydrogen-bond donors (Lipinski definition) is 1. The quantitative estimate of drug-likeness (QED) is 0.601. The van der Waals surface area contributed by atoms with Gasteiger partial charge in [0, 0.05) is 12.6 Å². The first-order chi connectivity index (χ1) is 6.74. The second-order valence-corrected chi connectivity index (χ2v) is 4.83. The highest BCUT2D eigenvalue weighted by atomic mass is 15.2. The van der Waals surface area contributed by atoms with Crippen molar-refractivity contribution in [3.63, 3.8) is 0 Å². The molecule has 0 amide bonds. The van der Waals surface area contributed by atoms with Crippen LogP contribution in [0.4, 0.5) is 0 Å². The molecule has 0 aromatic heterocycles. The minimum Gasteiger partial charge on any atom is -0.317 e. The lowest BCUT2D eigenvalue weighted by molar-refractivity contribution is 0.231. The van der Waals surface area contributed by atoms with Crippen molar-refractivity contribution >= 4 is 0 Å². The van der Waals surface area contributed by atoms with E-state index in [1.807, 2.05) is 0 Å². The van der Waals surface area contributed by atoms with E-state index in [0.717, 1.165) is 18.5 Å². The van der Waals surface area contributed by atoms with Crippen LogP contribution < -0.4 is 5.32 Å². The minimum absolute atomic E-state index is 0.815. The summed E-state index contributed by atoms with van der Waals surface area (Å²) in [7, 11) is 0. The molecular formula is C12H26N2. The van der Waals surface area contributed by atoms with E-state index in [9.17, 15) is 0 Å². The van der Waals surface area contributed by atoms with E-state index in [2.05, 4.69) is 31.0 Å². The zero-order valence-electron chi connectivity index (χ0n) is 10.1. The number of nitrogens with one attached hydrogen (secondary N) is 1. The zero-order valence-corrected chi connectivity index (χ0v) is 10.1. The fourth-order valence-electron chi connectivity index (χ4n) is 1.92. The Morgan fingerprint density at radius 3 is 2.57 bits per heavy atom. The number of rotatable bonds is 8. The molecule has 1 aliphatic carbocycles. The van der Waals surface area contributed by atoms with E-state index < -0.39 is 0 Å². The van der Waals surface area contributed by atoms with Crippen LogP contribution >= 0.6 is 0 Å². The summed E-state index contributed by atoms with van der Waals surface area (Å²) in [4.78, 5) is 2.68. The van der Waals surface area contributed by atoms with Gasteiger partial charge in [0.25, 0.3) is 0 Å². The highest BCUT2D eigenvalue weighted by Crippen LogP contribution is 2.27. The first-order valence-corrected chi connectivity index (χ1v) is 6.18. The first kappa shape index (κ1) is 12.0. The summed E-state index contributed by atoms with van der Waals surface area (Å²) in [6.45, 7) is 11.7. The largest absolute Gasteiger partial charge is 0.317 e. The molecule has 1 rings (SSSR count). The van der Waals surface area contributed by atoms with Gasteiger partial charge in [-0.3, -0.25) is 0 Å². The van der Waals surface area contributed by atoms with Gasteiger partial charge in [0.2, 0.25) is 0 Å². The van der Waals surface area contributed by atoms with Gasteiger partial charge in [0.1, 0.15) is 0 Å². The van der Waals surface area contributed by atoms with Crippen molar-refractivity contribution in [2.45, 2.75) is 46.1 Å². The Bertz CT molecular complexity index is 141. The second kappa shape index (κ2) is 6.41. The topological polar surface area (TPSA) is 15.3 Å². The smallest absolute Gasteiger partial charge is 0.00965 e. The van der Waals surface area contributed by atoms with Gasteiger partial charge in [-0.15, -0.1) is 0 Å². The molecule has 2 nitrogen and oxygen atoms in total. The molecule has 0 aliphatic heterocycles. The summed E-state index contributed by atoms with van der Waals surface area (Å²) in [6, 6.07) is 0.930. The van der Waals surface area contributed by atoms with Crippen molar-refractivity contribution < 1.29 is 0 Å². The molecule has 0 radical (unpaired) electrons. The van der Waals surface area contributed by atoms with E-state index in [1.165, 1.54) is 38.9 Å². The van der Waals surface area contributed by atoms with Crippen LogP contribution in [0.2, 0.25) is 0 Å². The SMILES string of the molecule is CCNCCCN(CC(C)C)C1CC1. The molecule has 0 atom stereocenters. The Morgan fingerprint density at radius 1 is 1.36 bits per heavy atom. The molecule has 0 aromatic rings. The standard InChI is InChI=1S/C12H26N2/c1-4-13-8-5-9-14(10-11(2)3)12-6-7-12/h11-13H,4-10H2,1-3H3. The fraction of sp³-hybridized carbons (Fsp3) is 1.00. The average molecular weight is 198 g/mol. The van der Waals surface area contributed by atoms with Crippen molar-refractivity contribution in [1.29, 1.82) is 0 Å². The monoisotopic (exact) mass is 198 g/mol. The van der Waals surface area contributed by atoms with E-state index in [-0.39, 0.29) is 0 Å². The number of hydrogen-bond acceptors (Lipinski definition) is 2. The van der Waals surface area contributed by atoms with Crippen LogP contribution in [0.25, 0.3) is 0 Å². The predicted octanol–water partition coefficient (Wildman–Crippen LogP) is 2.11. The van der Waals surface area contributed by atoms with Crippen LogP contribution in [0.5, 0.6) is 0 Å². The first-order valence-electron chi connectivity index (χ1n) is 6.18. The third-order valence-electron chi connectivity index (χ3n) is 2.71. The summed E-state index contributed by atoms with van der Waals surface area (Å²) in [5.41, 5.74) is 0. The van der Waals surface area contributed by atoms with Crippen LogP contribution in [0, 0.1) is 5.92 Å². The van der Waals surface area contributed by atoms with Crippen molar-refractivity contribution in [2.75, 3.05) is 26.2 Å². The summed E-state index contributed by atoms with van der Waals surface area (Å²) in [5, 5.41) is 3.39. The molecule has 84 valence electrons. The molecular weight excluding hydrogens is 172 g/mol. The van der Waals surface area contributed by atoms with Gasteiger partial charge in [-0.2, -0.15) is 0 Å². The maximum Gasteiger partial charge on any atom is 0.00965 e. The van der Waals surface area contributed by atoms with E-state index >= 15 is 0 Å². The van der Waals surface area contributed by atoms with Crippen molar-refractivity contribution in [3.05, 3.63) is 0 Å². The van der Waals surface area contributed by atoms with E-state index in [4.69, 9.17) is 0 Å². The minimum atomic E-state index is 0.815. The van der Waals surface area contributed by atoms with Gasteiger partial charge >= 0.3 is 0 Å². The lowest BCUT2D eigenvalue weighted by Gasteiger charge is -2.23. The van der Waals surface area contributed by atoms with Crippen molar-refractivity contribution in [2.24, 2.45) is 5.92 Å². The summed E-state index contributed by atoms with van der Waals surface area (Å²) in [5.74, 6) is 0.815. The van der Waals surface area contributed by atoms with Gasteiger partial charge in [0.15, 0.2) is 0 Å². The molecule has 0 bridgehead atoms. The molecule has 14 heavy (non-hydrogen) atoms. The number of nitrogens with zero attached hydrogens (tertiary/aromatic N) is 1. The molecule has 1 fully saturated rings. The molecule has 1 saturated carbocycles.